The Labute approximate surface area is 76.9 Å². The van der Waals surface area contributed by atoms with Crippen LogP contribution in [0.5, 0.6) is 0 Å². The minimum absolute atomic E-state index is 0.511. The Balaban J connectivity index is 2.30. The molecule has 1 aliphatic heterocycles. The van der Waals surface area contributed by atoms with Gasteiger partial charge >= 0.3 is 0 Å². The van der Waals surface area contributed by atoms with Gasteiger partial charge in [-0.1, -0.05) is 27.2 Å². The fraction of sp³-hybridized carbons (Fsp3) is 1.00. The van der Waals surface area contributed by atoms with Gasteiger partial charge in [-0.25, -0.2) is 0 Å². The van der Waals surface area contributed by atoms with E-state index < -0.39 is 0 Å². The molecule has 0 spiro atoms. The van der Waals surface area contributed by atoms with Crippen LogP contribution < -0.4 is 5.32 Å². The minimum Gasteiger partial charge on any atom is -0.316 e. The topological polar surface area (TPSA) is 12.0 Å². The molecular formula is C11H23N. The molecule has 1 heteroatoms. The van der Waals surface area contributed by atoms with Crippen molar-refractivity contribution in [1.82, 2.24) is 5.32 Å². The Morgan fingerprint density at radius 3 is 2.67 bits per heavy atom. The van der Waals surface area contributed by atoms with Crippen LogP contribution in [0.4, 0.5) is 0 Å². The summed E-state index contributed by atoms with van der Waals surface area (Å²) < 4.78 is 0. The van der Waals surface area contributed by atoms with E-state index in [9.17, 15) is 0 Å². The molecule has 0 amide bonds. The van der Waals surface area contributed by atoms with E-state index in [4.69, 9.17) is 0 Å². The van der Waals surface area contributed by atoms with Gasteiger partial charge in [0.25, 0.3) is 0 Å². The van der Waals surface area contributed by atoms with Gasteiger partial charge in [-0.3, -0.25) is 0 Å². The Bertz CT molecular complexity index is 115. The Morgan fingerprint density at radius 2 is 2.00 bits per heavy atom. The third-order valence-corrected chi connectivity index (χ3v) is 2.55. The van der Waals surface area contributed by atoms with Crippen LogP contribution in [0.25, 0.3) is 0 Å². The van der Waals surface area contributed by atoms with Crippen LogP contribution in [-0.4, -0.2) is 13.1 Å². The first-order chi connectivity index (χ1) is 5.58. The molecule has 0 radical (unpaired) electrons. The van der Waals surface area contributed by atoms with Crippen LogP contribution in [0.1, 0.15) is 46.5 Å². The molecule has 0 saturated carbocycles. The van der Waals surface area contributed by atoms with Gasteiger partial charge in [-0.15, -0.1) is 0 Å². The molecule has 1 fully saturated rings. The van der Waals surface area contributed by atoms with Crippen molar-refractivity contribution in [1.29, 1.82) is 0 Å². The lowest BCUT2D eigenvalue weighted by Crippen LogP contribution is -2.24. The first-order valence-corrected chi connectivity index (χ1v) is 5.29. The van der Waals surface area contributed by atoms with Gasteiger partial charge in [0.15, 0.2) is 0 Å². The van der Waals surface area contributed by atoms with Crippen LogP contribution in [0, 0.1) is 11.3 Å². The van der Waals surface area contributed by atoms with Crippen LogP contribution in [0.2, 0.25) is 0 Å². The van der Waals surface area contributed by atoms with Crippen LogP contribution in [0.3, 0.4) is 0 Å². The van der Waals surface area contributed by atoms with Gasteiger partial charge in [-0.2, -0.15) is 0 Å². The fourth-order valence-corrected chi connectivity index (χ4v) is 2.13. The standard InChI is InChI=1S/C11H23N/c1-11(2,3)8-10-6-4-5-7-12-9-10/h10,12H,4-9H2,1-3H3/t10-/m1/s1. The predicted molar refractivity (Wildman–Crippen MR) is 54.3 cm³/mol. The molecule has 0 unspecified atom stereocenters. The number of hydrogen-bond donors (Lipinski definition) is 1. The van der Waals surface area contributed by atoms with Gasteiger partial charge in [0.1, 0.15) is 0 Å². The largest absolute Gasteiger partial charge is 0.316 e. The average Bonchev–Trinajstić information content (AvgIpc) is 2.12. The van der Waals surface area contributed by atoms with E-state index in [0.717, 1.165) is 5.92 Å². The number of hydrogen-bond acceptors (Lipinski definition) is 1. The van der Waals surface area contributed by atoms with Crippen molar-refractivity contribution in [3.63, 3.8) is 0 Å². The second-order valence-corrected chi connectivity index (χ2v) is 5.33. The second-order valence-electron chi connectivity index (χ2n) is 5.33. The molecule has 1 heterocycles. The Kier molecular flexibility index (Phi) is 3.57. The minimum atomic E-state index is 0.511. The van der Waals surface area contributed by atoms with E-state index in [2.05, 4.69) is 26.1 Å². The molecule has 0 aliphatic carbocycles. The van der Waals surface area contributed by atoms with Crippen molar-refractivity contribution in [3.8, 4) is 0 Å². The lowest BCUT2D eigenvalue weighted by molar-refractivity contribution is 0.282. The number of rotatable bonds is 1. The lowest BCUT2D eigenvalue weighted by atomic mass is 9.83. The molecule has 12 heavy (non-hydrogen) atoms. The maximum absolute atomic E-state index is 3.52. The molecule has 72 valence electrons. The molecule has 1 atom stereocenters. The zero-order valence-electron chi connectivity index (χ0n) is 8.82. The highest BCUT2D eigenvalue weighted by Gasteiger charge is 2.19. The highest BCUT2D eigenvalue weighted by molar-refractivity contribution is 4.73. The SMILES string of the molecule is CC(C)(C)C[C@H]1CCCCNC1. The van der Waals surface area contributed by atoms with E-state index >= 15 is 0 Å². The summed E-state index contributed by atoms with van der Waals surface area (Å²) in [6.45, 7) is 9.52. The van der Waals surface area contributed by atoms with Crippen molar-refractivity contribution in [2.45, 2.75) is 46.5 Å². The summed E-state index contributed by atoms with van der Waals surface area (Å²) in [5, 5.41) is 3.52. The van der Waals surface area contributed by atoms with Crippen molar-refractivity contribution in [3.05, 3.63) is 0 Å². The first kappa shape index (κ1) is 10.0. The second kappa shape index (κ2) is 4.27. The summed E-state index contributed by atoms with van der Waals surface area (Å²) >= 11 is 0. The maximum Gasteiger partial charge on any atom is -0.00203 e. The van der Waals surface area contributed by atoms with Crippen molar-refractivity contribution in [2.75, 3.05) is 13.1 Å². The normalized spacial score (nSPS) is 26.8. The molecule has 0 aromatic rings. The van der Waals surface area contributed by atoms with E-state index in [0.29, 0.717) is 5.41 Å². The zero-order valence-corrected chi connectivity index (χ0v) is 8.82. The predicted octanol–water partition coefficient (Wildman–Crippen LogP) is 2.81. The van der Waals surface area contributed by atoms with Crippen LogP contribution in [-0.2, 0) is 0 Å². The Hall–Kier alpha value is -0.0400. The lowest BCUT2D eigenvalue weighted by Gasteiger charge is -2.24. The molecule has 1 rings (SSSR count). The molecule has 1 N–H and O–H groups in total. The number of nitrogens with one attached hydrogen (secondary N) is 1. The smallest absolute Gasteiger partial charge is 0.00203 e. The summed E-state index contributed by atoms with van der Waals surface area (Å²) in [4.78, 5) is 0. The zero-order chi connectivity index (χ0) is 9.03. The van der Waals surface area contributed by atoms with Crippen LogP contribution in [0.15, 0.2) is 0 Å². The summed E-state index contributed by atoms with van der Waals surface area (Å²) in [5.74, 6) is 0.924. The third-order valence-electron chi connectivity index (χ3n) is 2.55. The van der Waals surface area contributed by atoms with E-state index in [1.807, 2.05) is 0 Å². The average molecular weight is 169 g/mol. The Morgan fingerprint density at radius 1 is 1.25 bits per heavy atom. The van der Waals surface area contributed by atoms with Crippen molar-refractivity contribution < 1.29 is 0 Å². The highest BCUT2D eigenvalue weighted by atomic mass is 14.9. The van der Waals surface area contributed by atoms with Gasteiger partial charge in [0.2, 0.25) is 0 Å². The van der Waals surface area contributed by atoms with E-state index in [-0.39, 0.29) is 0 Å². The molecule has 1 nitrogen and oxygen atoms in total. The summed E-state index contributed by atoms with van der Waals surface area (Å²) in [7, 11) is 0. The first-order valence-electron chi connectivity index (χ1n) is 5.29. The summed E-state index contributed by atoms with van der Waals surface area (Å²) in [6.07, 6.45) is 5.61. The fourth-order valence-electron chi connectivity index (χ4n) is 2.13. The van der Waals surface area contributed by atoms with E-state index in [1.54, 1.807) is 0 Å². The molecule has 1 saturated heterocycles. The van der Waals surface area contributed by atoms with Crippen molar-refractivity contribution in [2.24, 2.45) is 11.3 Å². The molecule has 0 aromatic heterocycles. The monoisotopic (exact) mass is 169 g/mol. The molecule has 1 aliphatic rings. The molecular weight excluding hydrogens is 146 g/mol. The van der Waals surface area contributed by atoms with Gasteiger partial charge in [0, 0.05) is 0 Å². The van der Waals surface area contributed by atoms with Crippen LogP contribution >= 0.6 is 0 Å². The van der Waals surface area contributed by atoms with Gasteiger partial charge in [0.05, 0.1) is 0 Å². The van der Waals surface area contributed by atoms with Crippen molar-refractivity contribution >= 4 is 0 Å². The molecule has 0 bridgehead atoms. The van der Waals surface area contributed by atoms with Gasteiger partial charge in [-0.05, 0) is 43.7 Å². The van der Waals surface area contributed by atoms with Gasteiger partial charge < -0.3 is 5.32 Å². The molecule has 0 aromatic carbocycles. The maximum atomic E-state index is 3.52. The summed E-state index contributed by atoms with van der Waals surface area (Å²) in [6, 6.07) is 0. The van der Waals surface area contributed by atoms with E-state index in [1.165, 1.54) is 38.8 Å². The quantitative estimate of drug-likeness (QED) is 0.636. The third kappa shape index (κ3) is 4.10. The summed E-state index contributed by atoms with van der Waals surface area (Å²) in [5.41, 5.74) is 0.511. The highest BCUT2D eigenvalue weighted by Crippen LogP contribution is 2.27.